The number of unbranched alkanes of at least 4 members (excludes halogenated alkanes) is 1. The molecule has 1 fully saturated rings. The SMILES string of the molecule is CCCCN1CC(C(=O)Nc2ccc(C(=O)Nc3ncccn3)cc2)CC1=O. The second-order valence-electron chi connectivity index (χ2n) is 6.69. The van der Waals surface area contributed by atoms with E-state index in [-0.39, 0.29) is 36.0 Å². The topological polar surface area (TPSA) is 104 Å². The summed E-state index contributed by atoms with van der Waals surface area (Å²) >= 11 is 0. The van der Waals surface area contributed by atoms with Crippen LogP contribution in [0.4, 0.5) is 11.6 Å². The van der Waals surface area contributed by atoms with Crippen LogP contribution >= 0.6 is 0 Å². The summed E-state index contributed by atoms with van der Waals surface area (Å²) in [4.78, 5) is 46.3. The van der Waals surface area contributed by atoms with Crippen molar-refractivity contribution in [2.75, 3.05) is 23.7 Å². The summed E-state index contributed by atoms with van der Waals surface area (Å²) in [5.41, 5.74) is 1.00. The Bertz CT molecular complexity index is 839. The molecule has 3 rings (SSSR count). The molecule has 3 amide bonds. The van der Waals surface area contributed by atoms with Crippen molar-refractivity contribution in [2.24, 2.45) is 5.92 Å². The fourth-order valence-electron chi connectivity index (χ4n) is 3.00. The van der Waals surface area contributed by atoms with E-state index in [1.54, 1.807) is 47.6 Å². The number of likely N-dealkylation sites (tertiary alicyclic amines) is 1. The number of carbonyl (C=O) groups excluding carboxylic acids is 3. The van der Waals surface area contributed by atoms with Gasteiger partial charge in [0.2, 0.25) is 17.8 Å². The maximum absolute atomic E-state index is 12.5. The van der Waals surface area contributed by atoms with Crippen LogP contribution in [0.15, 0.2) is 42.7 Å². The first-order valence-corrected chi connectivity index (χ1v) is 9.34. The number of nitrogens with zero attached hydrogens (tertiary/aromatic N) is 3. The largest absolute Gasteiger partial charge is 0.342 e. The van der Waals surface area contributed by atoms with Crippen LogP contribution in [0.25, 0.3) is 0 Å². The summed E-state index contributed by atoms with van der Waals surface area (Å²) < 4.78 is 0. The second-order valence-corrected chi connectivity index (χ2v) is 6.69. The molecule has 0 bridgehead atoms. The van der Waals surface area contributed by atoms with Crippen molar-refractivity contribution < 1.29 is 14.4 Å². The van der Waals surface area contributed by atoms with E-state index in [9.17, 15) is 14.4 Å². The minimum atomic E-state index is -0.345. The zero-order valence-electron chi connectivity index (χ0n) is 15.7. The van der Waals surface area contributed by atoms with E-state index in [1.807, 2.05) is 0 Å². The van der Waals surface area contributed by atoms with Gasteiger partial charge in [-0.05, 0) is 36.8 Å². The molecule has 0 radical (unpaired) electrons. The molecule has 0 saturated carbocycles. The minimum Gasteiger partial charge on any atom is -0.342 e. The summed E-state index contributed by atoms with van der Waals surface area (Å²) in [6, 6.07) is 8.20. The molecule has 28 heavy (non-hydrogen) atoms. The Balaban J connectivity index is 1.54. The highest BCUT2D eigenvalue weighted by molar-refractivity contribution is 6.04. The molecule has 0 spiro atoms. The normalized spacial score (nSPS) is 16.1. The van der Waals surface area contributed by atoms with Crippen LogP contribution in [0.3, 0.4) is 0 Å². The van der Waals surface area contributed by atoms with Crippen molar-refractivity contribution in [3.63, 3.8) is 0 Å². The van der Waals surface area contributed by atoms with Crippen molar-refractivity contribution in [2.45, 2.75) is 26.2 Å². The molecule has 0 aliphatic carbocycles. The average Bonchev–Trinajstić information content (AvgIpc) is 3.08. The Kier molecular flexibility index (Phi) is 6.31. The zero-order valence-corrected chi connectivity index (χ0v) is 15.7. The predicted molar refractivity (Wildman–Crippen MR) is 105 cm³/mol. The Morgan fingerprint density at radius 1 is 1.14 bits per heavy atom. The Morgan fingerprint density at radius 3 is 2.54 bits per heavy atom. The lowest BCUT2D eigenvalue weighted by molar-refractivity contribution is -0.128. The standard InChI is InChI=1S/C20H23N5O3/c1-2-3-11-25-13-15(12-17(25)26)19(28)23-16-7-5-14(6-8-16)18(27)24-20-21-9-4-10-22-20/h4-10,15H,2-3,11-13H2,1H3,(H,23,28)(H,21,22,24,27). The monoisotopic (exact) mass is 381 g/mol. The van der Waals surface area contributed by atoms with Gasteiger partial charge in [-0.25, -0.2) is 9.97 Å². The lowest BCUT2D eigenvalue weighted by atomic mass is 10.1. The molecule has 2 aromatic rings. The summed E-state index contributed by atoms with van der Waals surface area (Å²) in [5.74, 6) is -0.603. The molecular formula is C20H23N5O3. The Labute approximate surface area is 163 Å². The predicted octanol–water partition coefficient (Wildman–Crippen LogP) is 2.32. The smallest absolute Gasteiger partial charge is 0.258 e. The van der Waals surface area contributed by atoms with Gasteiger partial charge in [0, 0.05) is 43.2 Å². The van der Waals surface area contributed by atoms with Crippen LogP contribution in [0.2, 0.25) is 0 Å². The van der Waals surface area contributed by atoms with Crippen LogP contribution in [0, 0.1) is 5.92 Å². The number of nitrogens with one attached hydrogen (secondary N) is 2. The highest BCUT2D eigenvalue weighted by Gasteiger charge is 2.33. The van der Waals surface area contributed by atoms with Gasteiger partial charge >= 0.3 is 0 Å². The van der Waals surface area contributed by atoms with E-state index >= 15 is 0 Å². The lowest BCUT2D eigenvalue weighted by Gasteiger charge is -2.16. The number of hydrogen-bond acceptors (Lipinski definition) is 5. The van der Waals surface area contributed by atoms with Crippen LogP contribution in [-0.4, -0.2) is 45.7 Å². The van der Waals surface area contributed by atoms with Crippen molar-refractivity contribution >= 4 is 29.4 Å². The Hall–Kier alpha value is -3.29. The molecule has 1 aliphatic rings. The average molecular weight is 381 g/mol. The number of hydrogen-bond donors (Lipinski definition) is 2. The van der Waals surface area contributed by atoms with Gasteiger partial charge in [0.25, 0.3) is 5.91 Å². The van der Waals surface area contributed by atoms with Crippen molar-refractivity contribution in [3.05, 3.63) is 48.3 Å². The van der Waals surface area contributed by atoms with E-state index in [2.05, 4.69) is 27.5 Å². The molecule has 1 aliphatic heterocycles. The maximum Gasteiger partial charge on any atom is 0.258 e. The number of aromatic nitrogens is 2. The number of amides is 3. The van der Waals surface area contributed by atoms with Gasteiger partial charge in [-0.3, -0.25) is 19.7 Å². The van der Waals surface area contributed by atoms with Crippen molar-refractivity contribution in [1.29, 1.82) is 0 Å². The van der Waals surface area contributed by atoms with Crippen LogP contribution in [0.1, 0.15) is 36.5 Å². The summed E-state index contributed by atoms with van der Waals surface area (Å²) in [6.45, 7) is 3.23. The molecule has 8 heteroatoms. The molecule has 2 heterocycles. The van der Waals surface area contributed by atoms with Crippen molar-refractivity contribution in [3.8, 4) is 0 Å². The highest BCUT2D eigenvalue weighted by atomic mass is 16.2. The third kappa shape index (κ3) is 4.91. The minimum absolute atomic E-state index is 0.0312. The van der Waals surface area contributed by atoms with E-state index in [0.29, 0.717) is 24.3 Å². The number of carbonyl (C=O) groups is 3. The molecule has 1 aromatic carbocycles. The third-order valence-electron chi connectivity index (χ3n) is 4.57. The van der Waals surface area contributed by atoms with Gasteiger partial charge in [0.1, 0.15) is 0 Å². The first-order chi connectivity index (χ1) is 13.6. The van der Waals surface area contributed by atoms with E-state index in [4.69, 9.17) is 0 Å². The van der Waals surface area contributed by atoms with Gasteiger partial charge < -0.3 is 10.2 Å². The quantitative estimate of drug-likeness (QED) is 0.766. The summed E-state index contributed by atoms with van der Waals surface area (Å²) in [5, 5.41) is 5.42. The zero-order chi connectivity index (χ0) is 19.9. The van der Waals surface area contributed by atoms with Crippen molar-refractivity contribution in [1.82, 2.24) is 14.9 Å². The highest BCUT2D eigenvalue weighted by Crippen LogP contribution is 2.20. The van der Waals surface area contributed by atoms with E-state index in [0.717, 1.165) is 12.8 Å². The molecule has 146 valence electrons. The Morgan fingerprint density at radius 2 is 1.86 bits per heavy atom. The summed E-state index contributed by atoms with van der Waals surface area (Å²) in [7, 11) is 0. The van der Waals surface area contributed by atoms with E-state index < -0.39 is 0 Å². The third-order valence-corrected chi connectivity index (χ3v) is 4.57. The van der Waals surface area contributed by atoms with Gasteiger partial charge in [-0.1, -0.05) is 13.3 Å². The van der Waals surface area contributed by atoms with Crippen LogP contribution in [-0.2, 0) is 9.59 Å². The molecule has 1 unspecified atom stereocenters. The number of anilines is 2. The fourth-order valence-corrected chi connectivity index (χ4v) is 3.00. The van der Waals surface area contributed by atoms with Gasteiger partial charge in [0.15, 0.2) is 0 Å². The molecule has 2 N–H and O–H groups in total. The van der Waals surface area contributed by atoms with Gasteiger partial charge in [-0.2, -0.15) is 0 Å². The van der Waals surface area contributed by atoms with Gasteiger partial charge in [-0.15, -0.1) is 0 Å². The molecule has 1 atom stereocenters. The molecule has 1 saturated heterocycles. The van der Waals surface area contributed by atoms with Crippen LogP contribution in [0.5, 0.6) is 0 Å². The van der Waals surface area contributed by atoms with Crippen LogP contribution < -0.4 is 10.6 Å². The number of benzene rings is 1. The first-order valence-electron chi connectivity index (χ1n) is 9.34. The fraction of sp³-hybridized carbons (Fsp3) is 0.350. The maximum atomic E-state index is 12.5. The second kappa shape index (κ2) is 9.07. The molecule has 1 aromatic heterocycles. The van der Waals surface area contributed by atoms with Gasteiger partial charge in [0.05, 0.1) is 5.92 Å². The van der Waals surface area contributed by atoms with E-state index in [1.165, 1.54) is 0 Å². The lowest BCUT2D eigenvalue weighted by Crippen LogP contribution is -2.29. The molecular weight excluding hydrogens is 358 g/mol. The summed E-state index contributed by atoms with van der Waals surface area (Å²) in [6.07, 6.45) is 5.28. The number of rotatable bonds is 7. The molecule has 8 nitrogen and oxygen atoms in total. The first kappa shape index (κ1) is 19.5.